The summed E-state index contributed by atoms with van der Waals surface area (Å²) in [6.45, 7) is 10.9. The summed E-state index contributed by atoms with van der Waals surface area (Å²) in [7, 11) is 0. The van der Waals surface area contributed by atoms with E-state index in [2.05, 4.69) is 13.0 Å². The van der Waals surface area contributed by atoms with Gasteiger partial charge >= 0.3 is 5.97 Å². The van der Waals surface area contributed by atoms with E-state index >= 15 is 0 Å². The Kier molecular flexibility index (Phi) is 12.3. The van der Waals surface area contributed by atoms with Gasteiger partial charge in [0.1, 0.15) is 6.10 Å². The molecule has 6 nitrogen and oxygen atoms in total. The lowest BCUT2D eigenvalue weighted by atomic mass is 9.58. The van der Waals surface area contributed by atoms with Crippen molar-refractivity contribution in [2.75, 3.05) is 6.61 Å². The van der Waals surface area contributed by atoms with Gasteiger partial charge in [-0.05, 0) is 42.7 Å². The van der Waals surface area contributed by atoms with Crippen LogP contribution in [0.2, 0.25) is 0 Å². The Balaban J connectivity index is 2.29. The van der Waals surface area contributed by atoms with E-state index in [9.17, 15) is 24.9 Å². The molecule has 0 bridgehead atoms. The molecule has 2 rings (SSSR count). The maximum absolute atomic E-state index is 14.1. The van der Waals surface area contributed by atoms with Crippen molar-refractivity contribution in [3.63, 3.8) is 0 Å². The van der Waals surface area contributed by atoms with E-state index in [4.69, 9.17) is 4.74 Å². The van der Waals surface area contributed by atoms with Gasteiger partial charge in [0.05, 0.1) is 12.0 Å². The van der Waals surface area contributed by atoms with Gasteiger partial charge in [0.25, 0.3) is 0 Å². The van der Waals surface area contributed by atoms with Gasteiger partial charge in [-0.3, -0.25) is 4.79 Å². The number of carbonyl (C=O) groups excluding carboxylic acids is 2. The Labute approximate surface area is 234 Å². The Morgan fingerprint density at radius 1 is 1.08 bits per heavy atom. The predicted molar refractivity (Wildman–Crippen MR) is 156 cm³/mol. The number of ketones is 1. The van der Waals surface area contributed by atoms with Crippen molar-refractivity contribution in [2.24, 2.45) is 23.2 Å². The van der Waals surface area contributed by atoms with Gasteiger partial charge in [-0.25, -0.2) is 4.79 Å². The Bertz CT molecular complexity index is 1030. The third-order valence-electron chi connectivity index (χ3n) is 8.23. The highest BCUT2D eigenvalue weighted by Gasteiger charge is 2.70. The number of rotatable bonds is 13. The van der Waals surface area contributed by atoms with Crippen molar-refractivity contribution in [3.8, 4) is 0 Å². The molecule has 0 aliphatic heterocycles. The molecule has 2 aliphatic rings. The SMILES string of the molecule is CCCCCC=CC=CC=CC=CC(=O)O[C@H]1C(C)=C[C@]2([C@H](C)CC)C(=O)[C@H](C(C)C)C=C(CO)[C@@H](O)[C@]12O. The number of aliphatic hydroxyl groups excluding tert-OH is 2. The number of Topliss-reactive ketones (excluding diaryl/α,β-unsaturated/α-hetero) is 1. The molecule has 0 aromatic heterocycles. The van der Waals surface area contributed by atoms with Crippen molar-refractivity contribution in [2.45, 2.75) is 91.5 Å². The highest BCUT2D eigenvalue weighted by molar-refractivity contribution is 5.94. The van der Waals surface area contributed by atoms with E-state index in [0.717, 1.165) is 6.42 Å². The predicted octanol–water partition coefficient (Wildman–Crippen LogP) is 5.56. The number of aliphatic hydroxyl groups is 3. The smallest absolute Gasteiger partial charge is 0.331 e. The number of hydrogen-bond acceptors (Lipinski definition) is 6. The molecule has 0 radical (unpaired) electrons. The zero-order valence-electron chi connectivity index (χ0n) is 24.5. The van der Waals surface area contributed by atoms with Crippen LogP contribution in [0, 0.1) is 23.2 Å². The van der Waals surface area contributed by atoms with Crippen LogP contribution in [0.15, 0.2) is 71.9 Å². The van der Waals surface area contributed by atoms with E-state index in [1.54, 1.807) is 37.3 Å². The van der Waals surface area contributed by atoms with Gasteiger partial charge in [0.2, 0.25) is 0 Å². The van der Waals surface area contributed by atoms with Crippen LogP contribution in [-0.2, 0) is 14.3 Å². The molecule has 0 saturated carbocycles. The molecule has 6 atom stereocenters. The summed E-state index contributed by atoms with van der Waals surface area (Å²) in [5.41, 5.74) is -2.99. The first kappa shape index (κ1) is 32.7. The molecule has 216 valence electrons. The largest absolute Gasteiger partial charge is 0.451 e. The van der Waals surface area contributed by atoms with Crippen molar-refractivity contribution in [1.29, 1.82) is 0 Å². The average molecular weight is 541 g/mol. The number of allylic oxidation sites excluding steroid dienone is 8. The number of esters is 1. The van der Waals surface area contributed by atoms with Crippen LogP contribution in [0.25, 0.3) is 0 Å². The van der Waals surface area contributed by atoms with Gasteiger partial charge in [-0.15, -0.1) is 0 Å². The summed E-state index contributed by atoms with van der Waals surface area (Å²) in [4.78, 5) is 27.0. The maximum atomic E-state index is 14.1. The molecule has 39 heavy (non-hydrogen) atoms. The van der Waals surface area contributed by atoms with Crippen LogP contribution >= 0.6 is 0 Å². The fourth-order valence-corrected chi connectivity index (χ4v) is 5.86. The summed E-state index contributed by atoms with van der Waals surface area (Å²) >= 11 is 0. The average Bonchev–Trinajstić information content (AvgIpc) is 3.10. The summed E-state index contributed by atoms with van der Waals surface area (Å²) in [6, 6.07) is 0. The molecule has 0 heterocycles. The van der Waals surface area contributed by atoms with Crippen LogP contribution in [0.5, 0.6) is 0 Å². The lowest BCUT2D eigenvalue weighted by Crippen LogP contribution is -2.66. The number of fused-ring (bicyclic) bond motifs is 1. The van der Waals surface area contributed by atoms with E-state index in [0.29, 0.717) is 12.0 Å². The molecule has 3 N–H and O–H groups in total. The van der Waals surface area contributed by atoms with Crippen molar-refractivity contribution in [3.05, 3.63) is 71.9 Å². The highest BCUT2D eigenvalue weighted by atomic mass is 16.6. The Hall–Kier alpha value is -2.54. The standard InChI is InChI=1S/C33H48O6/c1-7-9-10-11-12-13-14-15-16-17-18-19-28(35)39-31-24(5)21-32(25(6)8-2)30(37)27(23(3)4)20-26(22-34)29(36)33(31,32)38/h12-21,23,25,27,29,31,34,36,38H,7-11,22H2,1-6H3/t25-,27+,29-,31+,32+,33+/m1/s1. The topological polar surface area (TPSA) is 104 Å². The molecule has 0 fully saturated rings. The normalized spacial score (nSPS) is 30.4. The first-order valence-electron chi connectivity index (χ1n) is 14.3. The van der Waals surface area contributed by atoms with Crippen molar-refractivity contribution in [1.82, 2.24) is 0 Å². The summed E-state index contributed by atoms with van der Waals surface area (Å²) < 4.78 is 5.74. The highest BCUT2D eigenvalue weighted by Crippen LogP contribution is 2.58. The molecule has 0 amide bonds. The molecule has 0 unspecified atom stereocenters. The second-order valence-corrected chi connectivity index (χ2v) is 11.2. The lowest BCUT2D eigenvalue weighted by Gasteiger charge is -2.49. The first-order valence-corrected chi connectivity index (χ1v) is 14.3. The van der Waals surface area contributed by atoms with Gasteiger partial charge in [0, 0.05) is 12.0 Å². The zero-order chi connectivity index (χ0) is 29.2. The number of ether oxygens (including phenoxy) is 1. The van der Waals surface area contributed by atoms with E-state index in [1.807, 2.05) is 45.9 Å². The molecular weight excluding hydrogens is 492 g/mol. The minimum Gasteiger partial charge on any atom is -0.451 e. The maximum Gasteiger partial charge on any atom is 0.331 e. The quantitative estimate of drug-likeness (QED) is 0.0929. The Morgan fingerprint density at radius 2 is 1.72 bits per heavy atom. The second-order valence-electron chi connectivity index (χ2n) is 11.2. The van der Waals surface area contributed by atoms with Crippen LogP contribution in [0.4, 0.5) is 0 Å². The summed E-state index contributed by atoms with van der Waals surface area (Å²) in [5, 5.41) is 33.9. The van der Waals surface area contributed by atoms with Crippen molar-refractivity contribution < 1.29 is 29.6 Å². The van der Waals surface area contributed by atoms with Crippen LogP contribution in [0.3, 0.4) is 0 Å². The van der Waals surface area contributed by atoms with Gasteiger partial charge in [-0.2, -0.15) is 0 Å². The molecule has 0 aromatic rings. The third-order valence-corrected chi connectivity index (χ3v) is 8.23. The van der Waals surface area contributed by atoms with Crippen LogP contribution in [-0.4, -0.2) is 51.5 Å². The molecule has 2 aliphatic carbocycles. The fraction of sp³-hybridized carbons (Fsp3) is 0.576. The molecular formula is C33H48O6. The van der Waals surface area contributed by atoms with E-state index in [-0.39, 0.29) is 23.2 Å². The fourth-order valence-electron chi connectivity index (χ4n) is 5.86. The monoisotopic (exact) mass is 540 g/mol. The number of unbranched alkanes of at least 4 members (excludes halogenated alkanes) is 3. The van der Waals surface area contributed by atoms with E-state index in [1.165, 1.54) is 25.3 Å². The van der Waals surface area contributed by atoms with Gasteiger partial charge < -0.3 is 20.1 Å². The number of carbonyl (C=O) groups is 2. The first-order chi connectivity index (χ1) is 18.5. The lowest BCUT2D eigenvalue weighted by molar-refractivity contribution is -0.201. The third kappa shape index (κ3) is 6.79. The van der Waals surface area contributed by atoms with Gasteiger partial charge in [0.15, 0.2) is 17.5 Å². The summed E-state index contributed by atoms with van der Waals surface area (Å²) in [5.74, 6) is -2.04. The van der Waals surface area contributed by atoms with Gasteiger partial charge in [-0.1, -0.05) is 109 Å². The van der Waals surface area contributed by atoms with Crippen LogP contribution in [0.1, 0.15) is 73.6 Å². The molecule has 0 spiro atoms. The number of hydrogen-bond donors (Lipinski definition) is 3. The molecule has 6 heteroatoms. The van der Waals surface area contributed by atoms with Crippen LogP contribution < -0.4 is 0 Å². The zero-order valence-corrected chi connectivity index (χ0v) is 24.5. The second kappa shape index (κ2) is 14.7. The summed E-state index contributed by atoms with van der Waals surface area (Å²) in [6.07, 6.45) is 19.8. The molecule has 0 aromatic carbocycles. The van der Waals surface area contributed by atoms with E-state index < -0.39 is 41.7 Å². The molecule has 0 saturated heterocycles. The minimum absolute atomic E-state index is 0.120. The Morgan fingerprint density at radius 3 is 2.31 bits per heavy atom. The minimum atomic E-state index is -2.16. The van der Waals surface area contributed by atoms with Crippen molar-refractivity contribution >= 4 is 11.8 Å².